The molecule has 0 spiro atoms. The van der Waals surface area contributed by atoms with Crippen molar-refractivity contribution in [3.8, 4) is 11.3 Å². The van der Waals surface area contributed by atoms with E-state index in [0.29, 0.717) is 18.7 Å². The molecule has 6 nitrogen and oxygen atoms in total. The number of hydrogen-bond donors (Lipinski definition) is 0. The van der Waals surface area contributed by atoms with Gasteiger partial charge in [-0.05, 0) is 31.4 Å². The lowest BCUT2D eigenvalue weighted by Crippen LogP contribution is -2.37. The van der Waals surface area contributed by atoms with Gasteiger partial charge < -0.3 is 13.7 Å². The lowest BCUT2D eigenvalue weighted by molar-refractivity contribution is -0.132. The zero-order valence-electron chi connectivity index (χ0n) is 17.4. The zero-order chi connectivity index (χ0) is 21.0. The highest BCUT2D eigenvalue weighted by atomic mass is 16.4. The molecule has 0 radical (unpaired) electrons. The first-order valence-electron chi connectivity index (χ1n) is 10.9. The molecule has 5 rings (SSSR count). The number of nitrogens with zero attached hydrogens (tertiary/aromatic N) is 3. The molecule has 3 heterocycles. The van der Waals surface area contributed by atoms with Gasteiger partial charge in [0.05, 0.1) is 6.20 Å². The van der Waals surface area contributed by atoms with E-state index < -0.39 is 0 Å². The average Bonchev–Trinajstić information content (AvgIpc) is 3.47. The minimum absolute atomic E-state index is 0.200. The van der Waals surface area contributed by atoms with Crippen LogP contribution < -0.4 is 0 Å². The maximum atomic E-state index is 12.6. The number of rotatable bonds is 6. The van der Waals surface area contributed by atoms with E-state index in [9.17, 15) is 4.79 Å². The van der Waals surface area contributed by atoms with Crippen LogP contribution in [-0.4, -0.2) is 33.9 Å². The molecular formula is C25H25N3O3. The first-order valence-corrected chi connectivity index (χ1v) is 10.9. The van der Waals surface area contributed by atoms with Gasteiger partial charge in [-0.1, -0.05) is 42.5 Å². The molecule has 1 amide bonds. The number of benzene rings is 2. The Kier molecular flexibility index (Phi) is 5.52. The van der Waals surface area contributed by atoms with Crippen LogP contribution >= 0.6 is 0 Å². The molecule has 1 saturated heterocycles. The summed E-state index contributed by atoms with van der Waals surface area (Å²) in [6.45, 7) is 1.50. The largest absolute Gasteiger partial charge is 0.441 e. The fourth-order valence-corrected chi connectivity index (χ4v) is 4.15. The van der Waals surface area contributed by atoms with Crippen molar-refractivity contribution in [2.45, 2.75) is 38.0 Å². The number of aryl methyl sites for hydroxylation is 1. The first kappa shape index (κ1) is 19.5. The van der Waals surface area contributed by atoms with Crippen molar-refractivity contribution in [1.29, 1.82) is 0 Å². The van der Waals surface area contributed by atoms with E-state index in [-0.39, 0.29) is 11.8 Å². The predicted octanol–water partition coefficient (Wildman–Crippen LogP) is 5.21. The minimum Gasteiger partial charge on any atom is -0.441 e. The molecule has 1 fully saturated rings. The maximum Gasteiger partial charge on any atom is 0.222 e. The van der Waals surface area contributed by atoms with E-state index >= 15 is 0 Å². The Morgan fingerprint density at radius 2 is 1.77 bits per heavy atom. The SMILES string of the molecule is O=C(CCCc1ncc(-c2ccccc2)o1)N1CCC(c2nc3ccccc3o2)CC1. The van der Waals surface area contributed by atoms with Crippen LogP contribution in [0.4, 0.5) is 0 Å². The van der Waals surface area contributed by atoms with Gasteiger partial charge in [0.15, 0.2) is 23.1 Å². The van der Waals surface area contributed by atoms with Crippen molar-refractivity contribution in [2.75, 3.05) is 13.1 Å². The highest BCUT2D eigenvalue weighted by Crippen LogP contribution is 2.30. The van der Waals surface area contributed by atoms with Gasteiger partial charge in [-0.25, -0.2) is 9.97 Å². The lowest BCUT2D eigenvalue weighted by Gasteiger charge is -2.30. The quantitative estimate of drug-likeness (QED) is 0.432. The lowest BCUT2D eigenvalue weighted by atomic mass is 9.96. The molecule has 158 valence electrons. The molecule has 1 aliphatic heterocycles. The standard InChI is InChI=1S/C25H25N3O3/c29-24(12-6-11-23-26-17-22(30-23)18-7-2-1-3-8-18)28-15-13-19(14-16-28)25-27-20-9-4-5-10-21(20)31-25/h1-5,7-10,17,19H,6,11-16H2. The Bertz CT molecular complexity index is 1120. The van der Waals surface area contributed by atoms with Crippen molar-refractivity contribution < 1.29 is 13.6 Å². The van der Waals surface area contributed by atoms with Crippen LogP contribution in [0.2, 0.25) is 0 Å². The van der Waals surface area contributed by atoms with Crippen LogP contribution in [-0.2, 0) is 11.2 Å². The van der Waals surface area contributed by atoms with Crippen LogP contribution in [0.15, 0.2) is 69.6 Å². The van der Waals surface area contributed by atoms with Gasteiger partial charge in [0, 0.05) is 37.4 Å². The summed E-state index contributed by atoms with van der Waals surface area (Å²) in [7, 11) is 0. The molecule has 0 bridgehead atoms. The summed E-state index contributed by atoms with van der Waals surface area (Å²) in [4.78, 5) is 23.6. The Morgan fingerprint density at radius 1 is 1.00 bits per heavy atom. The monoisotopic (exact) mass is 415 g/mol. The summed E-state index contributed by atoms with van der Waals surface area (Å²) in [6, 6.07) is 17.8. The third-order valence-corrected chi connectivity index (χ3v) is 5.90. The number of para-hydroxylation sites is 2. The predicted molar refractivity (Wildman–Crippen MR) is 117 cm³/mol. The number of carbonyl (C=O) groups excluding carboxylic acids is 1. The van der Waals surface area contributed by atoms with E-state index in [1.165, 1.54) is 0 Å². The molecule has 6 heteroatoms. The second kappa shape index (κ2) is 8.76. The van der Waals surface area contributed by atoms with E-state index in [2.05, 4.69) is 9.97 Å². The summed E-state index contributed by atoms with van der Waals surface area (Å²) in [5, 5.41) is 0. The molecule has 0 unspecified atom stereocenters. The van der Waals surface area contributed by atoms with Crippen LogP contribution in [0, 0.1) is 0 Å². The van der Waals surface area contributed by atoms with E-state index in [4.69, 9.17) is 8.83 Å². The van der Waals surface area contributed by atoms with Gasteiger partial charge in [0.25, 0.3) is 0 Å². The second-order valence-corrected chi connectivity index (χ2v) is 8.01. The fraction of sp³-hybridized carbons (Fsp3) is 0.320. The van der Waals surface area contributed by atoms with Crippen molar-refractivity contribution in [3.63, 3.8) is 0 Å². The van der Waals surface area contributed by atoms with Gasteiger partial charge in [-0.15, -0.1) is 0 Å². The third-order valence-electron chi connectivity index (χ3n) is 5.90. The highest BCUT2D eigenvalue weighted by Gasteiger charge is 2.26. The molecule has 0 N–H and O–H groups in total. The molecule has 1 aliphatic rings. The second-order valence-electron chi connectivity index (χ2n) is 8.01. The fourth-order valence-electron chi connectivity index (χ4n) is 4.15. The maximum absolute atomic E-state index is 12.6. The van der Waals surface area contributed by atoms with Crippen molar-refractivity contribution in [1.82, 2.24) is 14.9 Å². The van der Waals surface area contributed by atoms with Gasteiger partial charge in [-0.2, -0.15) is 0 Å². The molecular weight excluding hydrogens is 390 g/mol. The molecule has 0 atom stereocenters. The summed E-state index contributed by atoms with van der Waals surface area (Å²) in [5.74, 6) is 2.72. The molecule has 31 heavy (non-hydrogen) atoms. The first-order chi connectivity index (χ1) is 15.3. The molecule has 2 aromatic heterocycles. The number of hydrogen-bond acceptors (Lipinski definition) is 5. The van der Waals surface area contributed by atoms with E-state index in [1.54, 1.807) is 6.20 Å². The highest BCUT2D eigenvalue weighted by molar-refractivity contribution is 5.76. The number of oxazole rings is 2. The van der Waals surface area contributed by atoms with Gasteiger partial charge in [-0.3, -0.25) is 4.79 Å². The number of likely N-dealkylation sites (tertiary alicyclic amines) is 1. The van der Waals surface area contributed by atoms with Crippen molar-refractivity contribution in [3.05, 3.63) is 72.6 Å². The Balaban J connectivity index is 1.09. The van der Waals surface area contributed by atoms with Gasteiger partial charge in [0.1, 0.15) is 5.52 Å². The smallest absolute Gasteiger partial charge is 0.222 e. The summed E-state index contributed by atoms with van der Waals surface area (Å²) in [5.41, 5.74) is 2.75. The summed E-state index contributed by atoms with van der Waals surface area (Å²) in [6.07, 6.45) is 5.44. The molecule has 0 aliphatic carbocycles. The number of piperidine rings is 1. The van der Waals surface area contributed by atoms with Crippen molar-refractivity contribution in [2.24, 2.45) is 0 Å². The number of amides is 1. The topological polar surface area (TPSA) is 72.4 Å². The molecule has 0 saturated carbocycles. The van der Waals surface area contributed by atoms with Crippen LogP contribution in [0.25, 0.3) is 22.4 Å². The van der Waals surface area contributed by atoms with Crippen molar-refractivity contribution >= 4 is 17.0 Å². The van der Waals surface area contributed by atoms with Crippen LogP contribution in [0.3, 0.4) is 0 Å². The number of aromatic nitrogens is 2. The Hall–Kier alpha value is -3.41. The van der Waals surface area contributed by atoms with E-state index in [0.717, 1.165) is 60.7 Å². The van der Waals surface area contributed by atoms with Crippen LogP contribution in [0.5, 0.6) is 0 Å². The Labute approximate surface area is 180 Å². The molecule has 4 aromatic rings. The van der Waals surface area contributed by atoms with Gasteiger partial charge in [0.2, 0.25) is 5.91 Å². The third kappa shape index (κ3) is 4.38. The summed E-state index contributed by atoms with van der Waals surface area (Å²) >= 11 is 0. The Morgan fingerprint density at radius 3 is 2.58 bits per heavy atom. The van der Waals surface area contributed by atoms with E-state index in [1.807, 2.05) is 59.5 Å². The zero-order valence-corrected chi connectivity index (χ0v) is 17.4. The summed E-state index contributed by atoms with van der Waals surface area (Å²) < 4.78 is 11.8. The van der Waals surface area contributed by atoms with Crippen LogP contribution in [0.1, 0.15) is 43.4 Å². The normalized spacial score (nSPS) is 14.9. The molecule has 2 aromatic carbocycles. The number of fused-ring (bicyclic) bond motifs is 1. The average molecular weight is 415 g/mol. The van der Waals surface area contributed by atoms with Gasteiger partial charge >= 0.3 is 0 Å². The number of carbonyl (C=O) groups is 1. The minimum atomic E-state index is 0.200.